The third kappa shape index (κ3) is 9.21. The van der Waals surface area contributed by atoms with Crippen molar-refractivity contribution in [2.75, 3.05) is 19.7 Å². The van der Waals surface area contributed by atoms with Gasteiger partial charge in [0.05, 0.1) is 6.61 Å². The Morgan fingerprint density at radius 1 is 1.29 bits per heavy atom. The maximum atomic E-state index is 11.6. The number of ether oxygens (including phenoxy) is 1. The number of nitrogens with one attached hydrogen (secondary N) is 1. The lowest BCUT2D eigenvalue weighted by molar-refractivity contribution is -0.121. The van der Waals surface area contributed by atoms with Gasteiger partial charge in [-0.15, -0.1) is 0 Å². The molecule has 0 heterocycles. The van der Waals surface area contributed by atoms with Gasteiger partial charge in [-0.1, -0.05) is 37.3 Å². The van der Waals surface area contributed by atoms with Gasteiger partial charge in [-0.25, -0.2) is 0 Å². The minimum absolute atomic E-state index is 0.127. The number of hydrogen-bond acceptors (Lipinski definition) is 3. The first-order valence-corrected chi connectivity index (χ1v) is 7.80. The molecule has 4 heteroatoms. The highest BCUT2D eigenvalue weighted by molar-refractivity contribution is 5.75. The molecule has 1 unspecified atom stereocenters. The summed E-state index contributed by atoms with van der Waals surface area (Å²) in [4.78, 5) is 11.6. The van der Waals surface area contributed by atoms with Crippen LogP contribution >= 0.6 is 0 Å². The molecule has 118 valence electrons. The minimum Gasteiger partial charge on any atom is -0.377 e. The first-order valence-electron chi connectivity index (χ1n) is 7.80. The summed E-state index contributed by atoms with van der Waals surface area (Å²) in [7, 11) is 0. The van der Waals surface area contributed by atoms with Gasteiger partial charge in [0.15, 0.2) is 0 Å². The first-order chi connectivity index (χ1) is 10.2. The number of nitrogens with two attached hydrogens (primary N) is 1. The van der Waals surface area contributed by atoms with Crippen molar-refractivity contribution in [1.29, 1.82) is 0 Å². The van der Waals surface area contributed by atoms with Crippen LogP contribution in [0.3, 0.4) is 0 Å². The van der Waals surface area contributed by atoms with Gasteiger partial charge in [-0.2, -0.15) is 0 Å². The molecule has 1 amide bonds. The fourth-order valence-corrected chi connectivity index (χ4v) is 2.06. The molecule has 1 aromatic rings. The van der Waals surface area contributed by atoms with E-state index >= 15 is 0 Å². The molecular formula is C17H28N2O2. The summed E-state index contributed by atoms with van der Waals surface area (Å²) in [6, 6.07) is 10.1. The van der Waals surface area contributed by atoms with E-state index in [2.05, 4.69) is 12.2 Å². The highest BCUT2D eigenvalue weighted by Crippen LogP contribution is 2.08. The summed E-state index contributed by atoms with van der Waals surface area (Å²) in [5, 5.41) is 2.93. The SMILES string of the molecule is CC(CCN)CCC(=O)NCCCOCc1ccccc1. The standard InChI is InChI=1S/C17H28N2O2/c1-15(10-11-18)8-9-17(20)19-12-5-13-21-14-16-6-3-2-4-7-16/h2-4,6-7,15H,5,8-14,18H2,1H3,(H,19,20). The molecule has 0 radical (unpaired) electrons. The fraction of sp³-hybridized carbons (Fsp3) is 0.588. The van der Waals surface area contributed by atoms with Gasteiger partial charge in [0.25, 0.3) is 0 Å². The monoisotopic (exact) mass is 292 g/mol. The molecular weight excluding hydrogens is 264 g/mol. The van der Waals surface area contributed by atoms with Crippen molar-refractivity contribution in [2.45, 2.75) is 39.2 Å². The van der Waals surface area contributed by atoms with Crippen LogP contribution in [0.5, 0.6) is 0 Å². The van der Waals surface area contributed by atoms with Crippen LogP contribution < -0.4 is 11.1 Å². The summed E-state index contributed by atoms with van der Waals surface area (Å²) in [5.74, 6) is 0.650. The molecule has 3 N–H and O–H groups in total. The van der Waals surface area contributed by atoms with Crippen molar-refractivity contribution in [3.63, 3.8) is 0 Å². The Balaban J connectivity index is 1.95. The summed E-state index contributed by atoms with van der Waals surface area (Å²) in [6.45, 7) is 4.81. The molecule has 0 bridgehead atoms. The summed E-state index contributed by atoms with van der Waals surface area (Å²) in [6.07, 6.45) is 3.33. The maximum absolute atomic E-state index is 11.6. The van der Waals surface area contributed by atoms with E-state index in [0.29, 0.717) is 38.6 Å². The lowest BCUT2D eigenvalue weighted by atomic mass is 10.0. The van der Waals surface area contributed by atoms with E-state index in [1.165, 1.54) is 5.56 Å². The third-order valence-electron chi connectivity index (χ3n) is 3.42. The Morgan fingerprint density at radius 2 is 2.05 bits per heavy atom. The fourth-order valence-electron chi connectivity index (χ4n) is 2.06. The number of carbonyl (C=O) groups is 1. The van der Waals surface area contributed by atoms with Crippen molar-refractivity contribution in [3.8, 4) is 0 Å². The van der Waals surface area contributed by atoms with E-state index < -0.39 is 0 Å². The van der Waals surface area contributed by atoms with Crippen LogP contribution in [0.1, 0.15) is 38.2 Å². The predicted octanol–water partition coefficient (Wildman–Crippen LogP) is 2.47. The summed E-state index contributed by atoms with van der Waals surface area (Å²) in [5.41, 5.74) is 6.67. The topological polar surface area (TPSA) is 64.4 Å². The Morgan fingerprint density at radius 3 is 2.76 bits per heavy atom. The number of carbonyl (C=O) groups excluding carboxylic acids is 1. The average molecular weight is 292 g/mol. The summed E-state index contributed by atoms with van der Waals surface area (Å²) < 4.78 is 5.57. The largest absolute Gasteiger partial charge is 0.377 e. The lowest BCUT2D eigenvalue weighted by Gasteiger charge is -2.10. The van der Waals surface area contributed by atoms with Crippen LogP contribution in [-0.4, -0.2) is 25.6 Å². The maximum Gasteiger partial charge on any atom is 0.220 e. The minimum atomic E-state index is 0.127. The Hall–Kier alpha value is -1.39. The van der Waals surface area contributed by atoms with Gasteiger partial charge < -0.3 is 15.8 Å². The van der Waals surface area contributed by atoms with E-state index in [-0.39, 0.29) is 5.91 Å². The van der Waals surface area contributed by atoms with E-state index in [4.69, 9.17) is 10.5 Å². The quantitative estimate of drug-likeness (QED) is 0.616. The van der Waals surface area contributed by atoms with Gasteiger partial charge in [0.1, 0.15) is 0 Å². The van der Waals surface area contributed by atoms with Gasteiger partial charge in [-0.05, 0) is 37.3 Å². The van der Waals surface area contributed by atoms with Crippen molar-refractivity contribution >= 4 is 5.91 Å². The predicted molar refractivity (Wildman–Crippen MR) is 85.8 cm³/mol. The molecule has 0 aliphatic rings. The number of hydrogen-bond donors (Lipinski definition) is 2. The second kappa shape index (κ2) is 11.3. The zero-order valence-corrected chi connectivity index (χ0v) is 13.0. The van der Waals surface area contributed by atoms with E-state index in [1.807, 2.05) is 30.3 Å². The molecule has 0 aliphatic heterocycles. The number of amides is 1. The third-order valence-corrected chi connectivity index (χ3v) is 3.42. The van der Waals surface area contributed by atoms with Crippen molar-refractivity contribution in [2.24, 2.45) is 11.7 Å². The molecule has 21 heavy (non-hydrogen) atoms. The van der Waals surface area contributed by atoms with Crippen LogP contribution in [0.25, 0.3) is 0 Å². The van der Waals surface area contributed by atoms with Crippen LogP contribution in [-0.2, 0) is 16.1 Å². The van der Waals surface area contributed by atoms with Crippen LogP contribution in [0.4, 0.5) is 0 Å². The molecule has 4 nitrogen and oxygen atoms in total. The molecule has 0 saturated heterocycles. The molecule has 0 aromatic heterocycles. The first kappa shape index (κ1) is 17.7. The van der Waals surface area contributed by atoms with E-state index in [0.717, 1.165) is 19.3 Å². The zero-order valence-electron chi connectivity index (χ0n) is 13.0. The highest BCUT2D eigenvalue weighted by atomic mass is 16.5. The average Bonchev–Trinajstić information content (AvgIpc) is 2.50. The normalized spacial score (nSPS) is 12.1. The Kier molecular flexibility index (Phi) is 9.49. The molecule has 0 spiro atoms. The molecule has 1 rings (SSSR count). The molecule has 0 saturated carbocycles. The van der Waals surface area contributed by atoms with Crippen molar-refractivity contribution < 1.29 is 9.53 Å². The lowest BCUT2D eigenvalue weighted by Crippen LogP contribution is -2.25. The molecule has 1 aromatic carbocycles. The number of rotatable bonds is 11. The Labute approximate surface area is 128 Å². The van der Waals surface area contributed by atoms with E-state index in [9.17, 15) is 4.79 Å². The van der Waals surface area contributed by atoms with Crippen molar-refractivity contribution in [1.82, 2.24) is 5.32 Å². The smallest absolute Gasteiger partial charge is 0.220 e. The van der Waals surface area contributed by atoms with Crippen LogP contribution in [0.15, 0.2) is 30.3 Å². The Bertz CT molecular complexity index is 382. The second-order valence-electron chi connectivity index (χ2n) is 5.46. The van der Waals surface area contributed by atoms with Gasteiger partial charge in [0, 0.05) is 19.6 Å². The molecule has 1 atom stereocenters. The molecule has 0 fully saturated rings. The van der Waals surface area contributed by atoms with E-state index in [1.54, 1.807) is 0 Å². The van der Waals surface area contributed by atoms with Crippen LogP contribution in [0.2, 0.25) is 0 Å². The number of benzene rings is 1. The zero-order chi connectivity index (χ0) is 15.3. The van der Waals surface area contributed by atoms with Gasteiger partial charge >= 0.3 is 0 Å². The van der Waals surface area contributed by atoms with Gasteiger partial charge in [0.2, 0.25) is 5.91 Å². The second-order valence-corrected chi connectivity index (χ2v) is 5.46. The van der Waals surface area contributed by atoms with Gasteiger partial charge in [-0.3, -0.25) is 4.79 Å². The van der Waals surface area contributed by atoms with Crippen molar-refractivity contribution in [3.05, 3.63) is 35.9 Å². The molecule has 0 aliphatic carbocycles. The highest BCUT2D eigenvalue weighted by Gasteiger charge is 2.05. The van der Waals surface area contributed by atoms with Crippen LogP contribution in [0, 0.1) is 5.92 Å². The summed E-state index contributed by atoms with van der Waals surface area (Å²) >= 11 is 0.